The highest BCUT2D eigenvalue weighted by molar-refractivity contribution is 7.10. The summed E-state index contributed by atoms with van der Waals surface area (Å²) in [6, 6.07) is 4.98. The SMILES string of the molecule is CCC[C@H]1N(C(=O)c2ncccc2C(F)(F)F)CCC[C@@]1(Oc1csc(C(F)(F)F)c1)C(=O)N1Cc2ccc(Cl)cc2C[C@@H]1C(=O)NC1CCOCC1. The van der Waals surface area contributed by atoms with E-state index >= 15 is 4.79 Å². The maximum absolute atomic E-state index is 15.4. The number of carbonyl (C=O) groups excluding carboxylic acids is 3. The molecule has 0 spiro atoms. The van der Waals surface area contributed by atoms with Gasteiger partial charge >= 0.3 is 12.4 Å². The zero-order valence-electron chi connectivity index (χ0n) is 28.6. The lowest BCUT2D eigenvalue weighted by Crippen LogP contribution is -2.70. The third-order valence-corrected chi connectivity index (χ3v) is 11.1. The molecule has 3 aromatic rings. The molecule has 17 heteroatoms. The second-order valence-electron chi connectivity index (χ2n) is 13.4. The Morgan fingerprint density at radius 3 is 2.49 bits per heavy atom. The summed E-state index contributed by atoms with van der Waals surface area (Å²) in [5.74, 6) is -2.66. The van der Waals surface area contributed by atoms with Crippen LogP contribution in [0.5, 0.6) is 5.75 Å². The van der Waals surface area contributed by atoms with E-state index < -0.39 is 63.9 Å². The van der Waals surface area contributed by atoms with Gasteiger partial charge in [-0.1, -0.05) is 31.0 Å². The van der Waals surface area contributed by atoms with Crippen molar-refractivity contribution < 1.29 is 50.2 Å². The van der Waals surface area contributed by atoms with Gasteiger partial charge < -0.3 is 24.6 Å². The second kappa shape index (κ2) is 15.5. The molecule has 2 aromatic heterocycles. The van der Waals surface area contributed by atoms with E-state index in [2.05, 4.69) is 10.3 Å². The third kappa shape index (κ3) is 8.14. The quantitative estimate of drug-likeness (QED) is 0.241. The standard InChI is InChI=1S/C36H37ClF6N4O5S/c1-2-5-28-34(52-25-18-29(53-20-25)36(41,42)43,11-4-13-46(28)32(49)30-26(35(38,39)40)6-3-12-44-30)33(50)47-19-21-7-8-23(37)16-22(21)17-27(47)31(48)45-24-9-14-51-15-10-24/h3,6-8,12,16,18,20,24,27-28H,2,4-5,9-11,13-15,17,19H2,1H3,(H,45,48)/t27-,28-,34+/m1/s1. The van der Waals surface area contributed by atoms with E-state index in [4.69, 9.17) is 21.1 Å². The molecule has 53 heavy (non-hydrogen) atoms. The summed E-state index contributed by atoms with van der Waals surface area (Å²) in [6.45, 7) is 2.42. The number of ether oxygens (including phenoxy) is 2. The van der Waals surface area contributed by atoms with E-state index in [1.165, 1.54) is 4.90 Å². The van der Waals surface area contributed by atoms with Gasteiger partial charge in [-0.25, -0.2) is 0 Å². The highest BCUT2D eigenvalue weighted by Crippen LogP contribution is 2.43. The minimum atomic E-state index is -4.93. The highest BCUT2D eigenvalue weighted by atomic mass is 35.5. The fourth-order valence-corrected chi connectivity index (χ4v) is 8.33. The van der Waals surface area contributed by atoms with Gasteiger partial charge in [-0.05, 0) is 61.1 Å². The van der Waals surface area contributed by atoms with Crippen LogP contribution in [0.15, 0.2) is 48.0 Å². The average molecular weight is 787 g/mol. The molecule has 3 atom stereocenters. The molecule has 0 aliphatic carbocycles. The topological polar surface area (TPSA) is 101 Å². The number of aromatic nitrogens is 1. The minimum Gasteiger partial charge on any atom is -0.474 e. The van der Waals surface area contributed by atoms with Crippen LogP contribution in [0.2, 0.25) is 5.02 Å². The van der Waals surface area contributed by atoms with Gasteiger partial charge in [-0.15, -0.1) is 11.3 Å². The predicted molar refractivity (Wildman–Crippen MR) is 182 cm³/mol. The summed E-state index contributed by atoms with van der Waals surface area (Å²) < 4.78 is 95.5. The summed E-state index contributed by atoms with van der Waals surface area (Å²) in [7, 11) is 0. The molecule has 3 aliphatic heterocycles. The second-order valence-corrected chi connectivity index (χ2v) is 14.7. The Morgan fingerprint density at radius 2 is 1.81 bits per heavy atom. The lowest BCUT2D eigenvalue weighted by Gasteiger charge is -2.51. The van der Waals surface area contributed by atoms with Crippen LogP contribution in [0.3, 0.4) is 0 Å². The summed E-state index contributed by atoms with van der Waals surface area (Å²) >= 11 is 6.66. The van der Waals surface area contributed by atoms with Crippen molar-refractivity contribution in [2.75, 3.05) is 19.8 Å². The van der Waals surface area contributed by atoms with E-state index in [1.54, 1.807) is 25.1 Å². The van der Waals surface area contributed by atoms with Crippen LogP contribution in [0.4, 0.5) is 26.3 Å². The van der Waals surface area contributed by atoms with Crippen molar-refractivity contribution in [2.24, 2.45) is 0 Å². The third-order valence-electron chi connectivity index (χ3n) is 9.95. The van der Waals surface area contributed by atoms with Gasteiger partial charge in [0.2, 0.25) is 11.5 Å². The Hall–Kier alpha value is -3.89. The molecule has 3 aliphatic rings. The van der Waals surface area contributed by atoms with Crippen LogP contribution in [0.25, 0.3) is 0 Å². The first kappa shape index (κ1) is 38.8. The molecule has 1 N–H and O–H groups in total. The number of carbonyl (C=O) groups is 3. The number of nitrogens with zero attached hydrogens (tertiary/aromatic N) is 3. The molecule has 5 heterocycles. The minimum absolute atomic E-state index is 0.0287. The Labute approximate surface area is 310 Å². The van der Waals surface area contributed by atoms with Crippen molar-refractivity contribution in [3.05, 3.63) is 80.3 Å². The smallest absolute Gasteiger partial charge is 0.425 e. The van der Waals surface area contributed by atoms with Crippen molar-refractivity contribution in [3.8, 4) is 5.75 Å². The Morgan fingerprint density at radius 1 is 1.06 bits per heavy atom. The number of amides is 3. The van der Waals surface area contributed by atoms with Crippen LogP contribution < -0.4 is 10.1 Å². The van der Waals surface area contributed by atoms with Crippen LogP contribution >= 0.6 is 22.9 Å². The summed E-state index contributed by atoms with van der Waals surface area (Å²) in [5.41, 5.74) is -2.87. The van der Waals surface area contributed by atoms with Crippen molar-refractivity contribution in [3.63, 3.8) is 0 Å². The Kier molecular flexibility index (Phi) is 11.3. The first-order valence-corrected chi connectivity index (χ1v) is 18.5. The van der Waals surface area contributed by atoms with Crippen molar-refractivity contribution in [2.45, 2.75) is 94.5 Å². The molecule has 6 rings (SSSR count). The monoisotopic (exact) mass is 786 g/mol. The Balaban J connectivity index is 1.46. The highest BCUT2D eigenvalue weighted by Gasteiger charge is 2.57. The van der Waals surface area contributed by atoms with Gasteiger partial charge in [-0.3, -0.25) is 19.4 Å². The lowest BCUT2D eigenvalue weighted by molar-refractivity contribution is -0.165. The first-order valence-electron chi connectivity index (χ1n) is 17.3. The lowest BCUT2D eigenvalue weighted by atomic mass is 9.78. The number of pyridine rings is 1. The molecule has 0 unspecified atom stereocenters. The zero-order valence-corrected chi connectivity index (χ0v) is 30.1. The number of benzene rings is 1. The fraction of sp³-hybridized carbons (Fsp3) is 0.500. The molecule has 286 valence electrons. The van der Waals surface area contributed by atoms with Gasteiger partial charge in [0.05, 0.1) is 11.6 Å². The van der Waals surface area contributed by atoms with Gasteiger partial charge in [0.15, 0.2) is 0 Å². The number of piperidine rings is 1. The molecule has 1 aromatic carbocycles. The van der Waals surface area contributed by atoms with Crippen LogP contribution in [0, 0.1) is 0 Å². The van der Waals surface area contributed by atoms with Crippen molar-refractivity contribution >= 4 is 40.7 Å². The number of thiophene rings is 1. The van der Waals surface area contributed by atoms with E-state index in [1.807, 2.05) is 0 Å². The van der Waals surface area contributed by atoms with E-state index in [9.17, 15) is 35.9 Å². The van der Waals surface area contributed by atoms with Gasteiger partial charge in [0.25, 0.3) is 11.8 Å². The molecule has 0 bridgehead atoms. The first-order chi connectivity index (χ1) is 25.1. The molecule has 0 radical (unpaired) electrons. The molecular formula is C36H37ClF6N4O5S. The van der Waals surface area contributed by atoms with Gasteiger partial charge in [-0.2, -0.15) is 26.3 Å². The van der Waals surface area contributed by atoms with Gasteiger partial charge in [0, 0.05) is 67.9 Å². The normalized spacial score (nSPS) is 22.6. The number of likely N-dealkylation sites (tertiary alicyclic amines) is 1. The van der Waals surface area contributed by atoms with Crippen molar-refractivity contribution in [1.29, 1.82) is 0 Å². The van der Waals surface area contributed by atoms with Crippen LogP contribution in [-0.4, -0.2) is 76.0 Å². The Bertz CT molecular complexity index is 1830. The maximum atomic E-state index is 15.4. The number of alkyl halides is 6. The van der Waals surface area contributed by atoms with E-state index in [-0.39, 0.29) is 50.6 Å². The number of halogens is 7. The summed E-state index contributed by atoms with van der Waals surface area (Å²) in [4.78, 5) is 48.9. The number of rotatable bonds is 8. The van der Waals surface area contributed by atoms with E-state index in [0.29, 0.717) is 54.4 Å². The maximum Gasteiger partial charge on any atom is 0.425 e. The molecule has 3 amide bonds. The molecule has 2 saturated heterocycles. The number of fused-ring (bicyclic) bond motifs is 1. The molecule has 2 fully saturated rings. The summed E-state index contributed by atoms with van der Waals surface area (Å²) in [5, 5.41) is 4.54. The molecular weight excluding hydrogens is 750 g/mol. The van der Waals surface area contributed by atoms with Gasteiger partial charge in [0.1, 0.15) is 22.4 Å². The number of nitrogens with one attached hydrogen (secondary N) is 1. The number of hydrogen-bond acceptors (Lipinski definition) is 7. The van der Waals surface area contributed by atoms with Crippen molar-refractivity contribution in [1.82, 2.24) is 20.1 Å². The average Bonchev–Trinajstić information content (AvgIpc) is 3.60. The fourth-order valence-electron chi connectivity index (χ4n) is 7.46. The largest absolute Gasteiger partial charge is 0.474 e. The zero-order chi connectivity index (χ0) is 38.1. The van der Waals surface area contributed by atoms with Crippen LogP contribution in [0.1, 0.15) is 77.5 Å². The number of hydrogen-bond donors (Lipinski definition) is 1. The predicted octanol–water partition coefficient (Wildman–Crippen LogP) is 7.31. The van der Waals surface area contributed by atoms with Crippen LogP contribution in [-0.2, 0) is 39.6 Å². The summed E-state index contributed by atoms with van der Waals surface area (Å²) in [6.07, 6.45) is -7.18. The van der Waals surface area contributed by atoms with E-state index in [0.717, 1.165) is 40.2 Å². The molecule has 0 saturated carbocycles. The molecule has 9 nitrogen and oxygen atoms in total.